The molecule has 0 aliphatic carbocycles. The smallest absolute Gasteiger partial charge is 0.269 e. The third kappa shape index (κ3) is 3.63. The average molecular weight is 282 g/mol. The van der Waals surface area contributed by atoms with Gasteiger partial charge in [-0.1, -0.05) is 39.0 Å². The molecule has 2 aromatic rings. The summed E-state index contributed by atoms with van der Waals surface area (Å²) in [6, 6.07) is 14.7. The zero-order chi connectivity index (χ0) is 15.5. The zero-order valence-corrected chi connectivity index (χ0v) is 12.6. The van der Waals surface area contributed by atoms with Crippen molar-refractivity contribution in [2.75, 3.05) is 0 Å². The van der Waals surface area contributed by atoms with Crippen LogP contribution in [0.4, 0.5) is 0 Å². The van der Waals surface area contributed by atoms with Gasteiger partial charge in [0.2, 0.25) is 0 Å². The van der Waals surface area contributed by atoms with Crippen LogP contribution in [0.15, 0.2) is 48.5 Å². The number of amides is 1. The van der Waals surface area contributed by atoms with Gasteiger partial charge in [0, 0.05) is 5.56 Å². The number of rotatable bonds is 5. The molecule has 0 aliphatic heterocycles. The molecular formula is C18H20NO2. The molecule has 1 N–H and O–H groups in total. The fourth-order valence-corrected chi connectivity index (χ4v) is 2.02. The average Bonchev–Trinajstić information content (AvgIpc) is 2.48. The van der Waals surface area contributed by atoms with Gasteiger partial charge in [-0.2, -0.15) is 0 Å². The molecule has 3 nitrogen and oxygen atoms in total. The predicted octanol–water partition coefficient (Wildman–Crippen LogP) is 4.59. The molecule has 109 valence electrons. The molecule has 1 radical (unpaired) electrons. The summed E-state index contributed by atoms with van der Waals surface area (Å²) in [5, 5.41) is 0. The van der Waals surface area contributed by atoms with Crippen molar-refractivity contribution in [1.82, 2.24) is 5.73 Å². The summed E-state index contributed by atoms with van der Waals surface area (Å²) >= 11 is 0. The van der Waals surface area contributed by atoms with E-state index in [1.54, 1.807) is 24.3 Å². The fourth-order valence-electron chi connectivity index (χ4n) is 2.02. The lowest BCUT2D eigenvalue weighted by Crippen LogP contribution is -2.14. The van der Waals surface area contributed by atoms with Crippen LogP contribution in [0.1, 0.15) is 43.1 Å². The maximum absolute atomic E-state index is 11.0. The third-order valence-electron chi connectivity index (χ3n) is 3.85. The van der Waals surface area contributed by atoms with Gasteiger partial charge in [-0.25, -0.2) is 0 Å². The third-order valence-corrected chi connectivity index (χ3v) is 3.85. The van der Waals surface area contributed by atoms with Gasteiger partial charge in [-0.05, 0) is 47.7 Å². The highest BCUT2D eigenvalue weighted by molar-refractivity contribution is 5.92. The Morgan fingerprint density at radius 2 is 1.76 bits per heavy atom. The van der Waals surface area contributed by atoms with Crippen LogP contribution in [-0.4, -0.2) is 5.91 Å². The van der Waals surface area contributed by atoms with Crippen LogP contribution in [0.25, 0.3) is 0 Å². The number of nitrogens with one attached hydrogen (secondary N) is 1. The minimum absolute atomic E-state index is 0.149. The van der Waals surface area contributed by atoms with Crippen molar-refractivity contribution < 1.29 is 9.53 Å². The molecule has 0 spiro atoms. The van der Waals surface area contributed by atoms with Crippen molar-refractivity contribution in [2.45, 2.75) is 32.6 Å². The van der Waals surface area contributed by atoms with Crippen LogP contribution < -0.4 is 10.5 Å². The second-order valence-electron chi connectivity index (χ2n) is 5.72. The fraction of sp³-hybridized carbons (Fsp3) is 0.278. The largest absolute Gasteiger partial charge is 0.457 e. The number of ether oxygens (including phenoxy) is 1. The number of carbonyl (C=O) groups excluding carboxylic acids is 1. The SMILES string of the molecule is CCC(C)(C)c1ccc(Oc2cccc(C([NH])=O)c2)cc1. The van der Waals surface area contributed by atoms with Gasteiger partial charge >= 0.3 is 0 Å². The first kappa shape index (κ1) is 15.1. The molecule has 0 fully saturated rings. The van der Waals surface area contributed by atoms with Gasteiger partial charge in [-0.3, -0.25) is 10.5 Å². The maximum atomic E-state index is 11.0. The molecule has 0 saturated heterocycles. The van der Waals surface area contributed by atoms with E-state index in [1.165, 1.54) is 5.56 Å². The number of hydrogen-bond donors (Lipinski definition) is 0. The van der Waals surface area contributed by atoms with Gasteiger partial charge in [0.25, 0.3) is 5.91 Å². The summed E-state index contributed by atoms with van der Waals surface area (Å²) < 4.78 is 5.73. The van der Waals surface area contributed by atoms with E-state index < -0.39 is 5.91 Å². The molecule has 2 aromatic carbocycles. The Kier molecular flexibility index (Phi) is 4.32. The molecule has 0 aliphatic rings. The lowest BCUT2D eigenvalue weighted by atomic mass is 9.82. The second kappa shape index (κ2) is 6.00. The standard InChI is InChI=1S/C18H20NO2/c1-4-18(2,3)14-8-10-15(11-9-14)21-16-7-5-6-13(12-16)17(19)20/h5-12,19H,4H2,1-3H3. The summed E-state index contributed by atoms with van der Waals surface area (Å²) in [7, 11) is 0. The normalized spacial score (nSPS) is 11.2. The van der Waals surface area contributed by atoms with Crippen LogP contribution >= 0.6 is 0 Å². The number of benzene rings is 2. The van der Waals surface area contributed by atoms with E-state index in [4.69, 9.17) is 10.5 Å². The van der Waals surface area contributed by atoms with Crippen molar-refractivity contribution in [1.29, 1.82) is 0 Å². The van der Waals surface area contributed by atoms with Crippen LogP contribution in [0.3, 0.4) is 0 Å². The summed E-state index contributed by atoms with van der Waals surface area (Å²) in [6.07, 6.45) is 1.07. The maximum Gasteiger partial charge on any atom is 0.269 e. The lowest BCUT2D eigenvalue weighted by Gasteiger charge is -2.23. The van der Waals surface area contributed by atoms with E-state index in [9.17, 15) is 4.79 Å². The Balaban J connectivity index is 2.17. The van der Waals surface area contributed by atoms with E-state index in [0.717, 1.165) is 12.2 Å². The molecule has 0 unspecified atom stereocenters. The lowest BCUT2D eigenvalue weighted by molar-refractivity contribution is 0.0992. The summed E-state index contributed by atoms with van der Waals surface area (Å²) in [6.45, 7) is 6.60. The zero-order valence-electron chi connectivity index (χ0n) is 12.6. The Bertz CT molecular complexity index is 630. The van der Waals surface area contributed by atoms with Gasteiger partial charge in [-0.15, -0.1) is 0 Å². The number of hydrogen-bond acceptors (Lipinski definition) is 2. The molecule has 3 heteroatoms. The van der Waals surface area contributed by atoms with Crippen molar-refractivity contribution >= 4 is 5.91 Å². The molecule has 21 heavy (non-hydrogen) atoms. The highest BCUT2D eigenvalue weighted by atomic mass is 16.5. The topological polar surface area (TPSA) is 50.1 Å². The van der Waals surface area contributed by atoms with Gasteiger partial charge in [0.1, 0.15) is 11.5 Å². The molecule has 0 bridgehead atoms. The summed E-state index contributed by atoms with van der Waals surface area (Å²) in [5.41, 5.74) is 8.87. The quantitative estimate of drug-likeness (QED) is 0.805. The first-order chi connectivity index (χ1) is 9.92. The van der Waals surface area contributed by atoms with Gasteiger partial charge < -0.3 is 4.74 Å². The van der Waals surface area contributed by atoms with Gasteiger partial charge in [0.15, 0.2) is 0 Å². The summed E-state index contributed by atoms with van der Waals surface area (Å²) in [5.74, 6) is 0.580. The minimum atomic E-state index is -0.708. The van der Waals surface area contributed by atoms with Crippen LogP contribution in [-0.2, 0) is 5.41 Å². The van der Waals surface area contributed by atoms with Crippen LogP contribution in [0, 0.1) is 0 Å². The molecular weight excluding hydrogens is 262 g/mol. The second-order valence-corrected chi connectivity index (χ2v) is 5.72. The van der Waals surface area contributed by atoms with E-state index >= 15 is 0 Å². The van der Waals surface area contributed by atoms with Crippen molar-refractivity contribution in [3.05, 3.63) is 59.7 Å². The molecule has 0 saturated carbocycles. The van der Waals surface area contributed by atoms with Crippen molar-refractivity contribution in [2.24, 2.45) is 0 Å². The Morgan fingerprint density at radius 3 is 2.33 bits per heavy atom. The van der Waals surface area contributed by atoms with E-state index in [-0.39, 0.29) is 5.41 Å². The Morgan fingerprint density at radius 1 is 1.10 bits per heavy atom. The molecule has 0 aromatic heterocycles. The molecule has 2 rings (SSSR count). The summed E-state index contributed by atoms with van der Waals surface area (Å²) in [4.78, 5) is 11.0. The predicted molar refractivity (Wildman–Crippen MR) is 83.7 cm³/mol. The van der Waals surface area contributed by atoms with E-state index in [0.29, 0.717) is 11.3 Å². The van der Waals surface area contributed by atoms with E-state index in [2.05, 4.69) is 32.9 Å². The Labute approximate surface area is 125 Å². The number of carbonyl (C=O) groups is 1. The first-order valence-electron chi connectivity index (χ1n) is 7.07. The highest BCUT2D eigenvalue weighted by Crippen LogP contribution is 2.29. The Hall–Kier alpha value is -2.29. The molecule has 1 amide bonds. The van der Waals surface area contributed by atoms with Crippen LogP contribution in [0.5, 0.6) is 11.5 Å². The monoisotopic (exact) mass is 282 g/mol. The van der Waals surface area contributed by atoms with Gasteiger partial charge in [0.05, 0.1) is 0 Å². The van der Waals surface area contributed by atoms with E-state index in [1.807, 2.05) is 12.1 Å². The first-order valence-corrected chi connectivity index (χ1v) is 7.07. The van der Waals surface area contributed by atoms with Crippen molar-refractivity contribution in [3.63, 3.8) is 0 Å². The highest BCUT2D eigenvalue weighted by Gasteiger charge is 2.17. The minimum Gasteiger partial charge on any atom is -0.457 e. The van der Waals surface area contributed by atoms with Crippen LogP contribution in [0.2, 0.25) is 0 Å². The molecule has 0 atom stereocenters. The molecule has 0 heterocycles. The van der Waals surface area contributed by atoms with Crippen molar-refractivity contribution in [3.8, 4) is 11.5 Å².